The molecule has 0 radical (unpaired) electrons. The smallest absolute Gasteiger partial charge is 0.343 e. The van der Waals surface area contributed by atoms with E-state index < -0.39 is 11.9 Å². The Bertz CT molecular complexity index is 2500. The van der Waals surface area contributed by atoms with Crippen molar-refractivity contribution in [3.63, 3.8) is 0 Å². The van der Waals surface area contributed by atoms with Gasteiger partial charge in [-0.3, -0.25) is 9.98 Å². The first-order valence-corrected chi connectivity index (χ1v) is 28.2. The van der Waals surface area contributed by atoms with Crippen molar-refractivity contribution in [2.45, 2.75) is 152 Å². The van der Waals surface area contributed by atoms with Gasteiger partial charge in [0.25, 0.3) is 0 Å². The summed E-state index contributed by atoms with van der Waals surface area (Å²) in [6.45, 7) is 4.55. The molecule has 0 aliphatic rings. The number of fused-ring (bicyclic) bond motifs is 1. The molecule has 0 amide bonds. The van der Waals surface area contributed by atoms with E-state index in [1.807, 2.05) is 72.1 Å². The molecule has 0 saturated heterocycles. The van der Waals surface area contributed by atoms with E-state index in [9.17, 15) is 9.59 Å². The first kappa shape index (κ1) is 53.9. The van der Waals surface area contributed by atoms with Crippen LogP contribution in [0.2, 0.25) is 0 Å². The molecule has 368 valence electrons. The predicted octanol–water partition coefficient (Wildman–Crippen LogP) is 18.8. The maximum Gasteiger partial charge on any atom is 0.343 e. The summed E-state index contributed by atoms with van der Waals surface area (Å²) in [6, 6.07) is 41.9. The van der Waals surface area contributed by atoms with Crippen molar-refractivity contribution in [2.75, 3.05) is 11.5 Å². The highest BCUT2D eigenvalue weighted by molar-refractivity contribution is 7.99. The molecule has 8 heteroatoms. The van der Waals surface area contributed by atoms with Crippen molar-refractivity contribution in [1.82, 2.24) is 0 Å². The quantitative estimate of drug-likeness (QED) is 0.0138. The number of rotatable bonds is 32. The van der Waals surface area contributed by atoms with Crippen LogP contribution in [0, 0.1) is 0 Å². The largest absolute Gasteiger partial charge is 0.423 e. The van der Waals surface area contributed by atoms with E-state index in [1.54, 1.807) is 61.0 Å². The second-order valence-electron chi connectivity index (χ2n) is 18.2. The number of hydrogen-bond donors (Lipinski definition) is 0. The van der Waals surface area contributed by atoms with Crippen LogP contribution in [0.3, 0.4) is 0 Å². The zero-order chi connectivity index (χ0) is 48.9. The van der Waals surface area contributed by atoms with E-state index in [1.165, 1.54) is 138 Å². The Hall–Kier alpha value is -5.44. The SMILES string of the molecule is CCCCCCCCCCCCSc1ccc(N=Cc2ccc(C(=O)Oc3ccc4c(OC(=O)c5ccc(C=Nc6ccc(SCCCCCCCCCCCC)cc6)cc5)cccc4c3)cc2)cc1. The minimum Gasteiger partial charge on any atom is -0.423 e. The summed E-state index contributed by atoms with van der Waals surface area (Å²) in [5.41, 5.74) is 4.40. The van der Waals surface area contributed by atoms with E-state index in [4.69, 9.17) is 9.47 Å². The standard InChI is InChI=1S/C62H74N2O4S2/c1-3-5-7-9-11-13-15-17-19-21-44-69-57-39-34-54(35-40-57)63-47-49-26-30-51(31-27-49)61(65)67-56-38-43-59-53(46-56)24-23-25-60(59)68-62(66)52-32-28-50(29-33-52)48-64-55-36-41-58(42-37-55)70-45-22-20-18-16-14-12-10-8-6-4-2/h23-43,46-48H,3-22,44-45H2,1-2H3. The first-order valence-electron chi connectivity index (χ1n) is 26.2. The molecule has 0 aliphatic heterocycles. The summed E-state index contributed by atoms with van der Waals surface area (Å²) in [5.74, 6) is 2.18. The molecule has 0 spiro atoms. The van der Waals surface area contributed by atoms with Gasteiger partial charge in [0.05, 0.1) is 22.5 Å². The van der Waals surface area contributed by atoms with Crippen LogP contribution in [-0.4, -0.2) is 35.9 Å². The zero-order valence-electron chi connectivity index (χ0n) is 41.8. The lowest BCUT2D eigenvalue weighted by Crippen LogP contribution is -2.09. The van der Waals surface area contributed by atoms with Crippen molar-refractivity contribution in [2.24, 2.45) is 9.98 Å². The predicted molar refractivity (Wildman–Crippen MR) is 299 cm³/mol. The molecule has 0 aromatic heterocycles. The van der Waals surface area contributed by atoms with Gasteiger partial charge in [-0.15, -0.1) is 23.5 Å². The fraction of sp³-hybridized carbons (Fsp3) is 0.387. The van der Waals surface area contributed by atoms with E-state index in [2.05, 4.69) is 60.2 Å². The fourth-order valence-corrected chi connectivity index (χ4v) is 10.1. The van der Waals surface area contributed by atoms with Gasteiger partial charge in [-0.25, -0.2) is 9.59 Å². The number of carbonyl (C=O) groups is 2. The van der Waals surface area contributed by atoms with Crippen LogP contribution in [-0.2, 0) is 0 Å². The Balaban J connectivity index is 0.891. The summed E-state index contributed by atoms with van der Waals surface area (Å²) < 4.78 is 11.6. The van der Waals surface area contributed by atoms with E-state index >= 15 is 0 Å². The topological polar surface area (TPSA) is 77.3 Å². The molecule has 0 fully saturated rings. The highest BCUT2D eigenvalue weighted by atomic mass is 32.2. The van der Waals surface area contributed by atoms with Crippen LogP contribution in [0.15, 0.2) is 153 Å². The molecule has 0 aliphatic carbocycles. The second-order valence-corrected chi connectivity index (χ2v) is 20.6. The lowest BCUT2D eigenvalue weighted by molar-refractivity contribution is 0.0727. The number of thioether (sulfide) groups is 2. The molecule has 0 atom stereocenters. The van der Waals surface area contributed by atoms with Gasteiger partial charge in [0.2, 0.25) is 0 Å². The Labute approximate surface area is 427 Å². The summed E-state index contributed by atoms with van der Waals surface area (Å²) in [4.78, 5) is 38.2. The Morgan fingerprint density at radius 3 is 1.30 bits per heavy atom. The minimum absolute atomic E-state index is 0.392. The lowest BCUT2D eigenvalue weighted by Gasteiger charge is -2.10. The number of benzene rings is 6. The number of carbonyl (C=O) groups excluding carboxylic acids is 2. The number of unbranched alkanes of at least 4 members (excludes halogenated alkanes) is 18. The zero-order valence-corrected chi connectivity index (χ0v) is 43.4. The molecular weight excluding hydrogens is 901 g/mol. The molecule has 0 bridgehead atoms. The third kappa shape index (κ3) is 19.8. The molecule has 0 unspecified atom stereocenters. The third-order valence-electron chi connectivity index (χ3n) is 12.4. The van der Waals surface area contributed by atoms with Gasteiger partial charge < -0.3 is 9.47 Å². The number of ether oxygens (including phenoxy) is 2. The Morgan fingerprint density at radius 2 is 0.857 bits per heavy atom. The van der Waals surface area contributed by atoms with Crippen molar-refractivity contribution in [1.29, 1.82) is 0 Å². The number of esters is 2. The Morgan fingerprint density at radius 1 is 0.443 bits per heavy atom. The fourth-order valence-electron chi connectivity index (χ4n) is 8.23. The van der Waals surface area contributed by atoms with E-state index in [0.29, 0.717) is 22.6 Å². The lowest BCUT2D eigenvalue weighted by atomic mass is 10.1. The van der Waals surface area contributed by atoms with Crippen molar-refractivity contribution < 1.29 is 19.1 Å². The van der Waals surface area contributed by atoms with E-state index in [0.717, 1.165) is 44.8 Å². The molecule has 6 aromatic rings. The van der Waals surface area contributed by atoms with Gasteiger partial charge in [0, 0.05) is 27.6 Å². The van der Waals surface area contributed by atoms with Gasteiger partial charge >= 0.3 is 11.9 Å². The Kier molecular flexibility index (Phi) is 24.4. The maximum atomic E-state index is 13.2. The molecule has 6 nitrogen and oxygen atoms in total. The van der Waals surface area contributed by atoms with Crippen LogP contribution in [0.25, 0.3) is 10.8 Å². The van der Waals surface area contributed by atoms with Gasteiger partial charge in [-0.2, -0.15) is 0 Å². The normalized spacial score (nSPS) is 11.5. The summed E-state index contributed by atoms with van der Waals surface area (Å²) >= 11 is 3.83. The molecule has 6 rings (SSSR count). The average Bonchev–Trinajstić information content (AvgIpc) is 3.39. The average molecular weight is 975 g/mol. The number of nitrogens with zero attached hydrogens (tertiary/aromatic N) is 2. The molecule has 0 N–H and O–H groups in total. The van der Waals surface area contributed by atoms with Gasteiger partial charge in [0.15, 0.2) is 0 Å². The first-order chi connectivity index (χ1) is 34.5. The minimum atomic E-state index is -0.466. The summed E-state index contributed by atoms with van der Waals surface area (Å²) in [6.07, 6.45) is 30.8. The van der Waals surface area contributed by atoms with Gasteiger partial charge in [-0.1, -0.05) is 166 Å². The number of aliphatic imine (C=N–C) groups is 2. The summed E-state index contributed by atoms with van der Waals surface area (Å²) in [7, 11) is 0. The van der Waals surface area contributed by atoms with Gasteiger partial charge in [0.1, 0.15) is 11.5 Å². The van der Waals surface area contributed by atoms with Crippen LogP contribution in [0.5, 0.6) is 11.5 Å². The van der Waals surface area contributed by atoms with Crippen LogP contribution in [0.4, 0.5) is 11.4 Å². The van der Waals surface area contributed by atoms with Crippen molar-refractivity contribution in [3.05, 3.63) is 156 Å². The highest BCUT2D eigenvalue weighted by Gasteiger charge is 2.14. The van der Waals surface area contributed by atoms with E-state index in [-0.39, 0.29) is 0 Å². The molecule has 0 heterocycles. The second kappa shape index (κ2) is 31.7. The molecular formula is C62H74N2O4S2. The number of hydrogen-bond acceptors (Lipinski definition) is 8. The van der Waals surface area contributed by atoms with Crippen LogP contribution < -0.4 is 9.47 Å². The third-order valence-corrected chi connectivity index (χ3v) is 14.6. The van der Waals surface area contributed by atoms with Crippen molar-refractivity contribution >= 4 is 70.0 Å². The van der Waals surface area contributed by atoms with Crippen molar-refractivity contribution in [3.8, 4) is 11.5 Å². The van der Waals surface area contributed by atoms with Crippen LogP contribution in [0.1, 0.15) is 174 Å². The van der Waals surface area contributed by atoms with Gasteiger partial charge in [-0.05, 0) is 138 Å². The maximum absolute atomic E-state index is 13.2. The molecule has 0 saturated carbocycles. The monoisotopic (exact) mass is 975 g/mol. The molecule has 70 heavy (non-hydrogen) atoms. The van der Waals surface area contributed by atoms with Crippen LogP contribution >= 0.6 is 23.5 Å². The summed E-state index contributed by atoms with van der Waals surface area (Å²) in [5, 5.41) is 1.50. The molecule has 6 aromatic carbocycles. The highest BCUT2D eigenvalue weighted by Crippen LogP contribution is 2.31.